The molecular formula is C13H23N5O2. The van der Waals surface area contributed by atoms with Gasteiger partial charge in [-0.1, -0.05) is 19.1 Å². The van der Waals surface area contributed by atoms with Crippen LogP contribution in [0.4, 0.5) is 0 Å². The largest absolute Gasteiger partial charge is 0.386 e. The molecule has 1 N–H and O–H groups in total. The number of nitrogens with zero attached hydrogens (tertiary/aromatic N) is 5. The Morgan fingerprint density at radius 3 is 2.80 bits per heavy atom. The van der Waals surface area contributed by atoms with E-state index in [9.17, 15) is 9.90 Å². The summed E-state index contributed by atoms with van der Waals surface area (Å²) in [7, 11) is 0. The van der Waals surface area contributed by atoms with Gasteiger partial charge in [-0.25, -0.2) is 4.68 Å². The Bertz CT molecular complexity index is 432. The molecule has 1 aliphatic heterocycles. The number of likely N-dealkylation sites (tertiary alicyclic amines) is 1. The van der Waals surface area contributed by atoms with Crippen LogP contribution in [0.15, 0.2) is 12.4 Å². The van der Waals surface area contributed by atoms with Crippen LogP contribution in [-0.2, 0) is 11.3 Å². The second-order valence-corrected chi connectivity index (χ2v) is 5.35. The summed E-state index contributed by atoms with van der Waals surface area (Å²) in [6.07, 6.45) is 3.89. The van der Waals surface area contributed by atoms with Crippen molar-refractivity contribution < 1.29 is 9.90 Å². The number of likely N-dealkylation sites (N-methyl/N-ethyl adjacent to an activating group) is 1. The van der Waals surface area contributed by atoms with Crippen molar-refractivity contribution >= 4 is 5.91 Å². The van der Waals surface area contributed by atoms with Gasteiger partial charge in [-0.15, -0.1) is 5.10 Å². The van der Waals surface area contributed by atoms with E-state index in [0.717, 1.165) is 13.1 Å². The van der Waals surface area contributed by atoms with Crippen LogP contribution in [0.5, 0.6) is 0 Å². The molecule has 1 amide bonds. The fraction of sp³-hybridized carbons (Fsp3) is 0.769. The molecule has 0 saturated carbocycles. The van der Waals surface area contributed by atoms with E-state index in [0.29, 0.717) is 32.6 Å². The molecule has 112 valence electrons. The highest BCUT2D eigenvalue weighted by molar-refractivity contribution is 5.78. The summed E-state index contributed by atoms with van der Waals surface area (Å²) in [5, 5.41) is 18.1. The Hall–Kier alpha value is -1.47. The molecule has 1 unspecified atom stereocenters. The van der Waals surface area contributed by atoms with Gasteiger partial charge in [0.15, 0.2) is 0 Å². The number of aliphatic hydroxyl groups is 1. The molecule has 7 nitrogen and oxygen atoms in total. The summed E-state index contributed by atoms with van der Waals surface area (Å²) in [5.41, 5.74) is -0.896. The molecule has 1 aromatic rings. The molecule has 1 aromatic heterocycles. The van der Waals surface area contributed by atoms with Gasteiger partial charge in [0.1, 0.15) is 5.60 Å². The molecule has 0 bridgehead atoms. The summed E-state index contributed by atoms with van der Waals surface area (Å²) < 4.78 is 1.61. The van der Waals surface area contributed by atoms with E-state index in [-0.39, 0.29) is 5.91 Å². The van der Waals surface area contributed by atoms with E-state index >= 15 is 0 Å². The fourth-order valence-corrected chi connectivity index (χ4v) is 2.56. The maximum absolute atomic E-state index is 12.2. The lowest BCUT2D eigenvalue weighted by molar-refractivity contribution is -0.132. The van der Waals surface area contributed by atoms with Crippen LogP contribution < -0.4 is 0 Å². The SMILES string of the molecule is CCN(CC)CC(=O)N1CCC(O)(Cn2ccnn2)C1. The Morgan fingerprint density at radius 2 is 2.20 bits per heavy atom. The van der Waals surface area contributed by atoms with Gasteiger partial charge in [-0.2, -0.15) is 0 Å². The van der Waals surface area contributed by atoms with Crippen LogP contribution in [0.3, 0.4) is 0 Å². The van der Waals surface area contributed by atoms with Gasteiger partial charge < -0.3 is 10.0 Å². The van der Waals surface area contributed by atoms with Gasteiger partial charge in [-0.05, 0) is 19.5 Å². The van der Waals surface area contributed by atoms with Gasteiger partial charge in [0.2, 0.25) is 5.91 Å². The van der Waals surface area contributed by atoms with Crippen molar-refractivity contribution in [1.29, 1.82) is 0 Å². The molecule has 0 radical (unpaired) electrons. The second kappa shape index (κ2) is 6.32. The summed E-state index contributed by atoms with van der Waals surface area (Å²) in [5.74, 6) is 0.0863. The van der Waals surface area contributed by atoms with Crippen LogP contribution in [0.2, 0.25) is 0 Å². The number of hydrogen-bond acceptors (Lipinski definition) is 5. The molecule has 2 heterocycles. The van der Waals surface area contributed by atoms with Crippen molar-refractivity contribution in [2.45, 2.75) is 32.4 Å². The highest BCUT2D eigenvalue weighted by atomic mass is 16.3. The zero-order chi connectivity index (χ0) is 14.6. The first-order chi connectivity index (χ1) is 9.56. The average Bonchev–Trinajstić information content (AvgIpc) is 3.06. The zero-order valence-corrected chi connectivity index (χ0v) is 12.2. The maximum Gasteiger partial charge on any atom is 0.236 e. The molecular weight excluding hydrogens is 258 g/mol. The topological polar surface area (TPSA) is 74.5 Å². The third kappa shape index (κ3) is 3.55. The van der Waals surface area contributed by atoms with Crippen molar-refractivity contribution in [3.8, 4) is 0 Å². The first-order valence-corrected chi connectivity index (χ1v) is 7.13. The Morgan fingerprint density at radius 1 is 1.45 bits per heavy atom. The first-order valence-electron chi connectivity index (χ1n) is 7.13. The molecule has 0 aromatic carbocycles. The highest BCUT2D eigenvalue weighted by Gasteiger charge is 2.38. The summed E-state index contributed by atoms with van der Waals surface area (Å²) in [6, 6.07) is 0. The molecule has 1 aliphatic rings. The van der Waals surface area contributed by atoms with Crippen LogP contribution in [-0.4, -0.2) is 74.1 Å². The Balaban J connectivity index is 1.89. The van der Waals surface area contributed by atoms with E-state index in [1.54, 1.807) is 22.0 Å². The first kappa shape index (κ1) is 14.9. The van der Waals surface area contributed by atoms with E-state index < -0.39 is 5.60 Å². The molecule has 7 heteroatoms. The number of rotatable bonds is 6. The van der Waals surface area contributed by atoms with E-state index in [2.05, 4.69) is 15.2 Å². The molecule has 20 heavy (non-hydrogen) atoms. The van der Waals surface area contributed by atoms with Crippen LogP contribution in [0.25, 0.3) is 0 Å². The van der Waals surface area contributed by atoms with Gasteiger partial charge in [-0.3, -0.25) is 9.69 Å². The zero-order valence-electron chi connectivity index (χ0n) is 12.2. The number of amides is 1. The van der Waals surface area contributed by atoms with Crippen LogP contribution in [0, 0.1) is 0 Å². The van der Waals surface area contributed by atoms with Gasteiger partial charge in [0, 0.05) is 12.7 Å². The van der Waals surface area contributed by atoms with E-state index in [1.165, 1.54) is 0 Å². The van der Waals surface area contributed by atoms with Crippen molar-refractivity contribution in [2.75, 3.05) is 32.7 Å². The van der Waals surface area contributed by atoms with Crippen LogP contribution >= 0.6 is 0 Å². The molecule has 0 aliphatic carbocycles. The van der Waals surface area contributed by atoms with Gasteiger partial charge >= 0.3 is 0 Å². The minimum Gasteiger partial charge on any atom is -0.386 e. The quantitative estimate of drug-likeness (QED) is 0.767. The molecule has 2 rings (SSSR count). The predicted molar refractivity (Wildman–Crippen MR) is 74.0 cm³/mol. The molecule has 1 atom stereocenters. The number of carbonyl (C=O) groups is 1. The third-order valence-corrected chi connectivity index (χ3v) is 3.87. The van der Waals surface area contributed by atoms with Crippen molar-refractivity contribution in [1.82, 2.24) is 24.8 Å². The minimum absolute atomic E-state index is 0.0863. The van der Waals surface area contributed by atoms with Crippen molar-refractivity contribution in [3.63, 3.8) is 0 Å². The minimum atomic E-state index is -0.896. The van der Waals surface area contributed by atoms with Crippen molar-refractivity contribution in [3.05, 3.63) is 12.4 Å². The highest BCUT2D eigenvalue weighted by Crippen LogP contribution is 2.23. The lowest BCUT2D eigenvalue weighted by Gasteiger charge is -2.25. The smallest absolute Gasteiger partial charge is 0.236 e. The number of carbonyl (C=O) groups excluding carboxylic acids is 1. The summed E-state index contributed by atoms with van der Waals surface area (Å²) in [4.78, 5) is 16.0. The van der Waals surface area contributed by atoms with E-state index in [1.807, 2.05) is 13.8 Å². The van der Waals surface area contributed by atoms with E-state index in [4.69, 9.17) is 0 Å². The monoisotopic (exact) mass is 281 g/mol. The predicted octanol–water partition coefficient (Wildman–Crippen LogP) is -0.417. The summed E-state index contributed by atoms with van der Waals surface area (Å²) in [6.45, 7) is 7.58. The maximum atomic E-state index is 12.2. The van der Waals surface area contributed by atoms with Gasteiger partial charge in [0.05, 0.1) is 25.8 Å². The Labute approximate surface area is 119 Å². The normalized spacial score (nSPS) is 22.7. The molecule has 1 fully saturated rings. The average molecular weight is 281 g/mol. The van der Waals surface area contributed by atoms with Crippen molar-refractivity contribution in [2.24, 2.45) is 0 Å². The number of aromatic nitrogens is 3. The molecule has 0 spiro atoms. The lowest BCUT2D eigenvalue weighted by atomic mass is 10.0. The summed E-state index contributed by atoms with van der Waals surface area (Å²) >= 11 is 0. The Kier molecular flexibility index (Phi) is 4.72. The number of hydrogen-bond donors (Lipinski definition) is 1. The molecule has 1 saturated heterocycles. The lowest BCUT2D eigenvalue weighted by Crippen LogP contribution is -2.43. The number of β-amino-alcohol motifs (C(OH)–C–C–N with tert-alkyl or cyclic N) is 1. The van der Waals surface area contributed by atoms with Crippen LogP contribution in [0.1, 0.15) is 20.3 Å². The second-order valence-electron chi connectivity index (χ2n) is 5.35. The third-order valence-electron chi connectivity index (χ3n) is 3.87. The van der Waals surface area contributed by atoms with Gasteiger partial charge in [0.25, 0.3) is 0 Å². The standard InChI is InChI=1S/C13H23N5O2/c1-3-16(4-2)9-12(19)17-7-5-13(20,10-17)11-18-8-6-14-15-18/h6,8,20H,3-5,7,9-11H2,1-2H3. The fourth-order valence-electron chi connectivity index (χ4n) is 2.56.